The first-order chi connectivity index (χ1) is 9.42. The topological polar surface area (TPSA) is 106 Å². The van der Waals surface area contributed by atoms with Crippen LogP contribution >= 0.6 is 7.60 Å². The summed E-state index contributed by atoms with van der Waals surface area (Å²) in [4.78, 5) is 12.2. The molecule has 1 atom stereocenters. The highest BCUT2D eigenvalue weighted by molar-refractivity contribution is 7.53. The van der Waals surface area contributed by atoms with Gasteiger partial charge in [0.25, 0.3) is 0 Å². The first kappa shape index (κ1) is 14.7. The quantitative estimate of drug-likeness (QED) is 0.831. The molecular weight excluding hydrogens is 287 g/mol. The zero-order chi connectivity index (χ0) is 14.9. The number of aromatic hydroxyl groups is 1. The largest absolute Gasteiger partial charge is 0.508 e. The molecule has 0 aliphatic rings. The van der Waals surface area contributed by atoms with Crippen molar-refractivity contribution in [3.63, 3.8) is 0 Å². The molecule has 0 spiro atoms. The van der Waals surface area contributed by atoms with E-state index < -0.39 is 18.9 Å². The van der Waals surface area contributed by atoms with Gasteiger partial charge in [-0.3, -0.25) is 9.36 Å². The first-order valence-corrected chi connectivity index (χ1v) is 7.18. The maximum atomic E-state index is 12.2. The summed E-state index contributed by atoms with van der Waals surface area (Å²) in [7, 11) is -1.65. The number of phenolic OH excluding ortho intramolecular Hbond substituents is 1. The van der Waals surface area contributed by atoms with Crippen LogP contribution in [0, 0.1) is 0 Å². The molecule has 1 aromatic carbocycles. The van der Waals surface area contributed by atoms with Crippen molar-refractivity contribution in [3.05, 3.63) is 40.2 Å². The molecule has 0 fully saturated rings. The van der Waals surface area contributed by atoms with E-state index in [4.69, 9.17) is 4.42 Å². The maximum Gasteiger partial charge on any atom is 0.363 e. The fourth-order valence-corrected chi connectivity index (χ4v) is 2.82. The molecule has 108 valence electrons. The van der Waals surface area contributed by atoms with Crippen LogP contribution in [-0.2, 0) is 13.6 Å². The highest BCUT2D eigenvalue weighted by Crippen LogP contribution is 2.57. The second-order valence-corrected chi connectivity index (χ2v) is 6.28. The average Bonchev–Trinajstić information content (AvgIpc) is 2.46. The zero-order valence-corrected chi connectivity index (χ0v) is 11.7. The minimum Gasteiger partial charge on any atom is -0.508 e. The Morgan fingerprint density at radius 2 is 1.95 bits per heavy atom. The van der Waals surface area contributed by atoms with Crippen LogP contribution in [0.4, 0.5) is 0 Å². The third-order valence-electron chi connectivity index (χ3n) is 2.87. The highest BCUT2D eigenvalue weighted by atomic mass is 31.2. The molecule has 0 aliphatic carbocycles. The van der Waals surface area contributed by atoms with Crippen molar-refractivity contribution in [3.8, 4) is 5.75 Å². The molecule has 1 heterocycles. The summed E-state index contributed by atoms with van der Waals surface area (Å²) in [6, 6.07) is 3.91. The van der Waals surface area contributed by atoms with E-state index >= 15 is 0 Å². The summed E-state index contributed by atoms with van der Waals surface area (Å²) in [5.74, 6) is -1.82. The van der Waals surface area contributed by atoms with Crippen LogP contribution in [0.3, 0.4) is 0 Å². The lowest BCUT2D eigenvalue weighted by Crippen LogP contribution is -2.14. The number of phenols is 1. The molecule has 0 saturated carbocycles. The van der Waals surface area contributed by atoms with Gasteiger partial charge in [0.2, 0.25) is 0 Å². The van der Waals surface area contributed by atoms with E-state index in [1.54, 1.807) is 0 Å². The van der Waals surface area contributed by atoms with Gasteiger partial charge in [0.15, 0.2) is 11.3 Å². The molecule has 2 rings (SSSR count). The smallest absolute Gasteiger partial charge is 0.363 e. The van der Waals surface area contributed by atoms with Gasteiger partial charge in [-0.1, -0.05) is 0 Å². The summed E-state index contributed by atoms with van der Waals surface area (Å²) in [6.45, 7) is 0. The van der Waals surface area contributed by atoms with Crippen molar-refractivity contribution >= 4 is 18.6 Å². The van der Waals surface area contributed by atoms with E-state index in [1.165, 1.54) is 18.2 Å². The molecule has 20 heavy (non-hydrogen) atoms. The Bertz CT molecular complexity index is 728. The van der Waals surface area contributed by atoms with Crippen LogP contribution in [-0.4, -0.2) is 24.4 Å². The van der Waals surface area contributed by atoms with Crippen LogP contribution < -0.4 is 5.43 Å². The monoisotopic (exact) mass is 300 g/mol. The number of hydrogen-bond donors (Lipinski definition) is 2. The van der Waals surface area contributed by atoms with Gasteiger partial charge in [-0.25, -0.2) is 0 Å². The van der Waals surface area contributed by atoms with Crippen molar-refractivity contribution < 1.29 is 28.2 Å². The summed E-state index contributed by atoms with van der Waals surface area (Å²) in [5.41, 5.74) is -0.668. The number of rotatable bonds is 4. The minimum absolute atomic E-state index is 0.0617. The third-order valence-corrected chi connectivity index (χ3v) is 4.77. The van der Waals surface area contributed by atoms with Gasteiger partial charge in [0, 0.05) is 20.3 Å². The van der Waals surface area contributed by atoms with E-state index in [1.807, 2.05) is 0 Å². The Hall–Kier alpha value is -1.66. The fraction of sp³-hybridized carbons (Fsp3) is 0.250. The Balaban J connectivity index is 2.62. The van der Waals surface area contributed by atoms with Crippen LogP contribution in [0.15, 0.2) is 33.7 Å². The predicted octanol–water partition coefficient (Wildman–Crippen LogP) is 1.98. The fourth-order valence-electron chi connectivity index (χ4n) is 1.75. The number of aliphatic hydroxyl groups is 1. The third kappa shape index (κ3) is 2.36. The van der Waals surface area contributed by atoms with Gasteiger partial charge in [-0.15, -0.1) is 0 Å². The van der Waals surface area contributed by atoms with Crippen molar-refractivity contribution in [2.75, 3.05) is 14.2 Å². The second kappa shape index (κ2) is 5.38. The van der Waals surface area contributed by atoms with Gasteiger partial charge in [0.1, 0.15) is 17.6 Å². The molecule has 2 aromatic rings. The summed E-state index contributed by atoms with van der Waals surface area (Å²) in [5, 5.41) is 19.5. The zero-order valence-electron chi connectivity index (χ0n) is 10.8. The molecule has 7 nitrogen and oxygen atoms in total. The van der Waals surface area contributed by atoms with Gasteiger partial charge >= 0.3 is 7.60 Å². The van der Waals surface area contributed by atoms with Crippen LogP contribution in [0.25, 0.3) is 11.0 Å². The van der Waals surface area contributed by atoms with Crippen LogP contribution in [0.5, 0.6) is 5.75 Å². The molecule has 0 saturated heterocycles. The van der Waals surface area contributed by atoms with Crippen LogP contribution in [0.1, 0.15) is 11.4 Å². The molecular formula is C12H13O7P. The SMILES string of the molecule is COP(=O)(OC)C(O)c1coc2cc(O)ccc2c1=O. The molecule has 2 N–H and O–H groups in total. The van der Waals surface area contributed by atoms with Crippen molar-refractivity contribution in [2.24, 2.45) is 0 Å². The van der Waals surface area contributed by atoms with E-state index in [0.717, 1.165) is 20.5 Å². The van der Waals surface area contributed by atoms with E-state index in [9.17, 15) is 19.6 Å². The summed E-state index contributed by atoms with van der Waals surface area (Å²) in [6.07, 6.45) is 0.972. The van der Waals surface area contributed by atoms with E-state index in [-0.39, 0.29) is 22.3 Å². The molecule has 1 aromatic heterocycles. The minimum atomic E-state index is -3.86. The average molecular weight is 300 g/mol. The van der Waals surface area contributed by atoms with Gasteiger partial charge in [-0.05, 0) is 12.1 Å². The second-order valence-electron chi connectivity index (χ2n) is 3.98. The summed E-state index contributed by atoms with van der Waals surface area (Å²) >= 11 is 0. The molecule has 0 bridgehead atoms. The number of hydrogen-bond acceptors (Lipinski definition) is 7. The molecule has 8 heteroatoms. The molecule has 0 amide bonds. The van der Waals surface area contributed by atoms with Gasteiger partial charge < -0.3 is 23.7 Å². The van der Waals surface area contributed by atoms with Crippen molar-refractivity contribution in [1.82, 2.24) is 0 Å². The van der Waals surface area contributed by atoms with Crippen LogP contribution in [0.2, 0.25) is 0 Å². The summed E-state index contributed by atoms with van der Waals surface area (Å²) < 4.78 is 26.5. The molecule has 1 unspecified atom stereocenters. The van der Waals surface area contributed by atoms with Crippen molar-refractivity contribution in [2.45, 2.75) is 5.85 Å². The van der Waals surface area contributed by atoms with Gasteiger partial charge in [-0.2, -0.15) is 0 Å². The lowest BCUT2D eigenvalue weighted by Gasteiger charge is -2.19. The number of aliphatic hydroxyl groups excluding tert-OH is 1. The lowest BCUT2D eigenvalue weighted by atomic mass is 10.2. The first-order valence-electron chi connectivity index (χ1n) is 5.56. The standard InChI is InChI=1S/C12H13O7P/c1-17-20(16,18-2)12(15)9-6-19-10-5-7(13)3-4-8(10)11(9)14/h3-6,12-13,15H,1-2H3. The number of fused-ring (bicyclic) bond motifs is 1. The Labute approximate surface area is 113 Å². The Morgan fingerprint density at radius 3 is 2.55 bits per heavy atom. The number of benzene rings is 1. The Morgan fingerprint density at radius 1 is 1.30 bits per heavy atom. The normalized spacial score (nSPS) is 13.6. The Kier molecular flexibility index (Phi) is 3.96. The highest BCUT2D eigenvalue weighted by Gasteiger charge is 2.36. The predicted molar refractivity (Wildman–Crippen MR) is 70.7 cm³/mol. The van der Waals surface area contributed by atoms with E-state index in [0.29, 0.717) is 0 Å². The molecule has 0 aliphatic heterocycles. The molecule has 0 radical (unpaired) electrons. The van der Waals surface area contributed by atoms with Gasteiger partial charge in [0.05, 0.1) is 10.9 Å². The van der Waals surface area contributed by atoms with Crippen molar-refractivity contribution in [1.29, 1.82) is 0 Å². The maximum absolute atomic E-state index is 12.2. The van der Waals surface area contributed by atoms with E-state index in [2.05, 4.69) is 9.05 Å². The lowest BCUT2D eigenvalue weighted by molar-refractivity contribution is 0.174.